The van der Waals surface area contributed by atoms with Gasteiger partial charge in [0.15, 0.2) is 0 Å². The normalized spacial score (nSPS) is 24.0. The van der Waals surface area contributed by atoms with E-state index in [0.717, 1.165) is 48.9 Å². The van der Waals surface area contributed by atoms with Crippen LogP contribution in [-0.2, 0) is 0 Å². The topological polar surface area (TPSA) is 57.0 Å². The Morgan fingerprint density at radius 1 is 1.33 bits per heavy atom. The highest BCUT2D eigenvalue weighted by Crippen LogP contribution is 2.42. The minimum Gasteiger partial charge on any atom is -0.496 e. The van der Waals surface area contributed by atoms with Crippen LogP contribution in [0.3, 0.4) is 0 Å². The van der Waals surface area contributed by atoms with Gasteiger partial charge in [0, 0.05) is 44.7 Å². The first kappa shape index (κ1) is 14.2. The van der Waals surface area contributed by atoms with Crippen LogP contribution in [0.2, 0.25) is 0 Å². The van der Waals surface area contributed by atoms with Gasteiger partial charge < -0.3 is 19.9 Å². The molecule has 5 heteroatoms. The van der Waals surface area contributed by atoms with Gasteiger partial charge in [0.2, 0.25) is 0 Å². The van der Waals surface area contributed by atoms with Crippen LogP contribution in [0.1, 0.15) is 12.0 Å². The van der Waals surface area contributed by atoms with Crippen molar-refractivity contribution in [2.24, 2.45) is 5.73 Å². The van der Waals surface area contributed by atoms with E-state index in [1.54, 1.807) is 14.2 Å². The Balaban J connectivity index is 1.89. The quantitative estimate of drug-likeness (QED) is 0.911. The molecule has 1 fully saturated rings. The van der Waals surface area contributed by atoms with Gasteiger partial charge in [-0.2, -0.15) is 0 Å². The van der Waals surface area contributed by atoms with Crippen molar-refractivity contribution in [1.82, 2.24) is 4.90 Å². The molecule has 0 aromatic heterocycles. The fourth-order valence-electron chi connectivity index (χ4n) is 3.08. The Labute approximate surface area is 125 Å². The molecule has 1 spiro atoms. The molecular formula is C16H22N2O3. The molecule has 0 bridgehead atoms. The first-order valence-corrected chi connectivity index (χ1v) is 7.26. The number of benzene rings is 1. The maximum absolute atomic E-state index is 6.31. The fourth-order valence-corrected chi connectivity index (χ4v) is 3.08. The molecule has 0 amide bonds. The second-order valence-corrected chi connectivity index (χ2v) is 5.56. The lowest BCUT2D eigenvalue weighted by Crippen LogP contribution is -2.39. The summed E-state index contributed by atoms with van der Waals surface area (Å²) in [7, 11) is 3.31. The number of hydrogen-bond acceptors (Lipinski definition) is 5. The molecule has 3 rings (SSSR count). The summed E-state index contributed by atoms with van der Waals surface area (Å²) in [5, 5.41) is 0. The summed E-state index contributed by atoms with van der Waals surface area (Å²) in [5.74, 6) is 2.34. The number of rotatable bonds is 4. The summed E-state index contributed by atoms with van der Waals surface area (Å²) in [4.78, 5) is 2.34. The Morgan fingerprint density at radius 3 is 2.90 bits per heavy atom. The predicted molar refractivity (Wildman–Crippen MR) is 82.1 cm³/mol. The number of nitrogens with zero attached hydrogens (tertiary/aromatic N) is 1. The van der Waals surface area contributed by atoms with E-state index in [9.17, 15) is 0 Å². The number of fused-ring (bicyclic) bond motifs is 1. The highest BCUT2D eigenvalue weighted by Gasteiger charge is 2.40. The summed E-state index contributed by atoms with van der Waals surface area (Å²) in [6.07, 6.45) is 5.23. The second-order valence-electron chi connectivity index (χ2n) is 5.56. The summed E-state index contributed by atoms with van der Waals surface area (Å²) >= 11 is 0. The summed E-state index contributed by atoms with van der Waals surface area (Å²) in [5.41, 5.74) is 6.37. The van der Waals surface area contributed by atoms with Gasteiger partial charge >= 0.3 is 0 Å². The number of methoxy groups -OCH3 is 2. The average molecular weight is 290 g/mol. The molecule has 1 atom stereocenters. The largest absolute Gasteiger partial charge is 0.496 e. The van der Waals surface area contributed by atoms with E-state index in [4.69, 9.17) is 19.9 Å². The Bertz CT molecular complexity index is 559. The molecule has 21 heavy (non-hydrogen) atoms. The highest BCUT2D eigenvalue weighted by atomic mass is 16.5. The zero-order valence-corrected chi connectivity index (χ0v) is 12.6. The molecule has 1 saturated heterocycles. The van der Waals surface area contributed by atoms with Crippen LogP contribution in [0.25, 0.3) is 6.08 Å². The number of nitrogens with two attached hydrogens (primary N) is 1. The summed E-state index contributed by atoms with van der Waals surface area (Å²) in [6, 6.07) is 3.80. The minimum atomic E-state index is -0.250. The third-order valence-corrected chi connectivity index (χ3v) is 4.19. The van der Waals surface area contributed by atoms with Crippen molar-refractivity contribution in [2.45, 2.75) is 12.0 Å². The molecule has 1 aromatic rings. The average Bonchev–Trinajstić information content (AvgIpc) is 2.88. The lowest BCUT2D eigenvalue weighted by atomic mass is 9.97. The molecule has 2 heterocycles. The van der Waals surface area contributed by atoms with E-state index in [1.165, 1.54) is 0 Å². The maximum atomic E-state index is 6.31. The monoisotopic (exact) mass is 290 g/mol. The summed E-state index contributed by atoms with van der Waals surface area (Å²) in [6.45, 7) is 3.48. The van der Waals surface area contributed by atoms with Crippen molar-refractivity contribution in [3.8, 4) is 17.2 Å². The third kappa shape index (κ3) is 2.59. The van der Waals surface area contributed by atoms with E-state index in [2.05, 4.69) is 17.1 Å². The van der Waals surface area contributed by atoms with E-state index >= 15 is 0 Å². The summed E-state index contributed by atoms with van der Waals surface area (Å²) < 4.78 is 17.1. The number of ether oxygens (including phenoxy) is 3. The predicted octanol–water partition coefficient (Wildman–Crippen LogP) is 1.51. The highest BCUT2D eigenvalue weighted by molar-refractivity contribution is 5.69. The first-order chi connectivity index (χ1) is 10.2. The van der Waals surface area contributed by atoms with E-state index in [-0.39, 0.29) is 5.60 Å². The Hall–Kier alpha value is -1.72. The zero-order valence-electron chi connectivity index (χ0n) is 12.6. The van der Waals surface area contributed by atoms with Crippen LogP contribution in [0.4, 0.5) is 0 Å². The molecule has 2 aliphatic rings. The van der Waals surface area contributed by atoms with E-state index in [0.29, 0.717) is 6.54 Å². The van der Waals surface area contributed by atoms with Crippen molar-refractivity contribution < 1.29 is 14.2 Å². The SMILES string of the molecule is COc1cc(OC)c2c(c1)OC1(C=C2)CCN(CCN)C1. The lowest BCUT2D eigenvalue weighted by Gasteiger charge is -2.32. The molecule has 114 valence electrons. The van der Waals surface area contributed by atoms with Gasteiger partial charge in [-0.15, -0.1) is 0 Å². The van der Waals surface area contributed by atoms with Gasteiger partial charge in [-0.05, 0) is 12.2 Å². The van der Waals surface area contributed by atoms with Crippen LogP contribution in [-0.4, -0.2) is 50.9 Å². The van der Waals surface area contributed by atoms with Crippen molar-refractivity contribution in [1.29, 1.82) is 0 Å². The lowest BCUT2D eigenvalue weighted by molar-refractivity contribution is 0.122. The van der Waals surface area contributed by atoms with Crippen molar-refractivity contribution in [2.75, 3.05) is 40.4 Å². The molecule has 5 nitrogen and oxygen atoms in total. The maximum Gasteiger partial charge on any atom is 0.141 e. The Kier molecular flexibility index (Phi) is 3.78. The first-order valence-electron chi connectivity index (χ1n) is 7.26. The van der Waals surface area contributed by atoms with Crippen LogP contribution < -0.4 is 19.9 Å². The molecule has 0 radical (unpaired) electrons. The van der Waals surface area contributed by atoms with Gasteiger partial charge in [-0.25, -0.2) is 0 Å². The van der Waals surface area contributed by atoms with Gasteiger partial charge in [-0.1, -0.05) is 0 Å². The second kappa shape index (κ2) is 5.58. The van der Waals surface area contributed by atoms with Crippen LogP contribution in [0.15, 0.2) is 18.2 Å². The van der Waals surface area contributed by atoms with Gasteiger partial charge in [0.05, 0.1) is 19.8 Å². The molecule has 1 unspecified atom stereocenters. The molecule has 0 aliphatic carbocycles. The molecule has 1 aromatic carbocycles. The Morgan fingerprint density at radius 2 is 2.19 bits per heavy atom. The molecule has 2 aliphatic heterocycles. The van der Waals surface area contributed by atoms with Crippen molar-refractivity contribution >= 4 is 6.08 Å². The minimum absolute atomic E-state index is 0.250. The van der Waals surface area contributed by atoms with Crippen molar-refractivity contribution in [3.05, 3.63) is 23.8 Å². The molecule has 2 N–H and O–H groups in total. The molecular weight excluding hydrogens is 268 g/mol. The smallest absolute Gasteiger partial charge is 0.141 e. The van der Waals surface area contributed by atoms with Crippen LogP contribution >= 0.6 is 0 Å². The van der Waals surface area contributed by atoms with Gasteiger partial charge in [-0.3, -0.25) is 4.90 Å². The number of hydrogen-bond donors (Lipinski definition) is 1. The van der Waals surface area contributed by atoms with E-state index in [1.807, 2.05) is 12.1 Å². The van der Waals surface area contributed by atoms with Crippen LogP contribution in [0, 0.1) is 0 Å². The fraction of sp³-hybridized carbons (Fsp3) is 0.500. The third-order valence-electron chi connectivity index (χ3n) is 4.19. The zero-order chi connectivity index (χ0) is 14.9. The molecule has 0 saturated carbocycles. The van der Waals surface area contributed by atoms with E-state index < -0.39 is 0 Å². The standard InChI is InChI=1S/C16H22N2O3/c1-19-12-9-14(20-2)13-3-4-16(21-15(13)10-12)5-7-18(11-16)8-6-17/h3-4,9-10H,5-8,11,17H2,1-2H3. The van der Waals surface area contributed by atoms with Crippen molar-refractivity contribution in [3.63, 3.8) is 0 Å². The number of likely N-dealkylation sites (tertiary alicyclic amines) is 1. The van der Waals surface area contributed by atoms with Crippen LogP contribution in [0.5, 0.6) is 17.2 Å². The van der Waals surface area contributed by atoms with Gasteiger partial charge in [0.25, 0.3) is 0 Å². The van der Waals surface area contributed by atoms with Gasteiger partial charge in [0.1, 0.15) is 22.8 Å².